The molecule has 2 aromatic rings. The smallest absolute Gasteiger partial charge is 0.336 e. The number of carboxylic acid groups (broad SMARTS) is 3. The molecule has 2 rings (SSSR count). The highest BCUT2D eigenvalue weighted by Gasteiger charge is 2.40. The van der Waals surface area contributed by atoms with Crippen LogP contribution in [0, 0.1) is 0 Å². The summed E-state index contributed by atoms with van der Waals surface area (Å²) >= 11 is 0. The minimum Gasteiger partial charge on any atom is -0.493 e. The number of nitrogens with one attached hydrogen (secondary N) is 1. The topological polar surface area (TPSA) is 190 Å². The van der Waals surface area contributed by atoms with E-state index in [1.54, 1.807) is 14.2 Å². The number of benzene rings is 1. The largest absolute Gasteiger partial charge is 0.493 e. The number of rotatable bonds is 14. The number of carboxylic acids is 3. The number of aromatic nitrogens is 2. The Balaban J connectivity index is 0.000000405. The van der Waals surface area contributed by atoms with Gasteiger partial charge in [-0.2, -0.15) is 5.10 Å². The number of hydrogen-bond acceptors (Lipinski definition) is 9. The fourth-order valence-electron chi connectivity index (χ4n) is 2.72. The molecule has 13 nitrogen and oxygen atoms in total. The first-order valence-corrected chi connectivity index (χ1v) is 10.5. The first kappa shape index (κ1) is 29.2. The first-order valence-electron chi connectivity index (χ1n) is 10.5. The van der Waals surface area contributed by atoms with Gasteiger partial charge in [-0.1, -0.05) is 6.07 Å². The minimum atomic E-state index is -2.74. The average molecular weight is 498 g/mol. The van der Waals surface area contributed by atoms with E-state index in [4.69, 9.17) is 34.6 Å². The van der Waals surface area contributed by atoms with Crippen molar-refractivity contribution < 1.29 is 49.0 Å². The van der Waals surface area contributed by atoms with Crippen LogP contribution in [0.25, 0.3) is 0 Å². The highest BCUT2D eigenvalue weighted by atomic mass is 16.5. The highest BCUT2D eigenvalue weighted by Crippen LogP contribution is 2.28. The van der Waals surface area contributed by atoms with Crippen molar-refractivity contribution in [1.82, 2.24) is 9.78 Å². The maximum Gasteiger partial charge on any atom is 0.336 e. The number of aryl methyl sites for hydroxylation is 1. The van der Waals surface area contributed by atoms with Crippen LogP contribution in [0.4, 0.5) is 5.82 Å². The Morgan fingerprint density at radius 1 is 1.03 bits per heavy atom. The lowest BCUT2D eigenvalue weighted by atomic mass is 9.96. The average Bonchev–Trinajstić information content (AvgIpc) is 3.25. The summed E-state index contributed by atoms with van der Waals surface area (Å²) in [7, 11) is 3.28. The summed E-state index contributed by atoms with van der Waals surface area (Å²) in [6.07, 6.45) is -0.334. The van der Waals surface area contributed by atoms with Gasteiger partial charge in [0.25, 0.3) is 0 Å². The van der Waals surface area contributed by atoms with Crippen molar-refractivity contribution in [2.45, 2.75) is 38.5 Å². The molecule has 0 atom stereocenters. The predicted octanol–water partition coefficient (Wildman–Crippen LogP) is 1.30. The van der Waals surface area contributed by atoms with E-state index in [9.17, 15) is 14.4 Å². The van der Waals surface area contributed by atoms with E-state index in [0.717, 1.165) is 29.4 Å². The molecule has 0 amide bonds. The van der Waals surface area contributed by atoms with E-state index in [-0.39, 0.29) is 0 Å². The summed E-state index contributed by atoms with van der Waals surface area (Å²) in [5, 5.41) is 41.5. The van der Waals surface area contributed by atoms with Gasteiger partial charge in [0.05, 0.1) is 26.6 Å². The third-order valence-electron chi connectivity index (χ3n) is 4.50. The van der Waals surface area contributed by atoms with Crippen molar-refractivity contribution in [3.05, 3.63) is 36.0 Å². The van der Waals surface area contributed by atoms with Crippen LogP contribution < -0.4 is 14.8 Å². The van der Waals surface area contributed by atoms with Crippen LogP contribution in [0.3, 0.4) is 0 Å². The van der Waals surface area contributed by atoms with Crippen molar-refractivity contribution >= 4 is 23.7 Å². The van der Waals surface area contributed by atoms with Gasteiger partial charge < -0.3 is 40.0 Å². The predicted molar refractivity (Wildman–Crippen MR) is 123 cm³/mol. The lowest BCUT2D eigenvalue weighted by Gasteiger charge is -2.18. The molecular weight excluding hydrogens is 466 g/mol. The van der Waals surface area contributed by atoms with Gasteiger partial charge >= 0.3 is 17.9 Å². The second kappa shape index (κ2) is 14.4. The van der Waals surface area contributed by atoms with Gasteiger partial charge in [-0.3, -0.25) is 14.3 Å². The van der Waals surface area contributed by atoms with Gasteiger partial charge in [-0.05, 0) is 24.6 Å². The standard InChI is InChI=1S/C16H23N3O3.C6H8O7/c1-4-19-8-7-16(18-19)17-12-13-5-6-14(21-3)15(11-13)22-10-9-20-2;7-3(8)1-6(13,5(11)12)2-4(9)10/h5-8,11H,4,9-10,12H2,1-3H3,(H,17,18);13H,1-2H2,(H,7,8)(H,9,10)(H,11,12). The summed E-state index contributed by atoms with van der Waals surface area (Å²) in [5.41, 5.74) is -1.64. The van der Waals surface area contributed by atoms with Gasteiger partial charge in [-0.15, -0.1) is 0 Å². The molecule has 0 saturated heterocycles. The van der Waals surface area contributed by atoms with Crippen LogP contribution in [0.15, 0.2) is 30.5 Å². The van der Waals surface area contributed by atoms with Crippen molar-refractivity contribution in [1.29, 1.82) is 0 Å². The zero-order valence-electron chi connectivity index (χ0n) is 19.8. The molecule has 0 radical (unpaired) electrons. The van der Waals surface area contributed by atoms with Gasteiger partial charge in [0, 0.05) is 32.5 Å². The monoisotopic (exact) mass is 497 g/mol. The molecule has 0 aliphatic rings. The third-order valence-corrected chi connectivity index (χ3v) is 4.50. The molecule has 35 heavy (non-hydrogen) atoms. The Morgan fingerprint density at radius 3 is 2.17 bits per heavy atom. The molecule has 0 saturated carbocycles. The van der Waals surface area contributed by atoms with E-state index in [1.165, 1.54) is 0 Å². The minimum absolute atomic E-state index is 0.491. The van der Waals surface area contributed by atoms with Crippen molar-refractivity contribution in [2.75, 3.05) is 32.8 Å². The maximum absolute atomic E-state index is 10.3. The number of carbonyl (C=O) groups is 3. The first-order chi connectivity index (χ1) is 16.5. The number of methoxy groups -OCH3 is 2. The SMILES string of the molecule is CCn1ccc(NCc2ccc(OC)c(OCCOC)c2)n1.O=C(O)CC(O)(CC(=O)O)C(=O)O. The highest BCUT2D eigenvalue weighted by molar-refractivity contribution is 5.88. The second-order valence-corrected chi connectivity index (χ2v) is 7.21. The number of ether oxygens (including phenoxy) is 3. The summed E-state index contributed by atoms with van der Waals surface area (Å²) in [5.74, 6) is -2.72. The summed E-state index contributed by atoms with van der Waals surface area (Å²) in [4.78, 5) is 30.5. The Labute approximate surface area is 201 Å². The van der Waals surface area contributed by atoms with Crippen LogP contribution in [-0.4, -0.2) is 81.1 Å². The second-order valence-electron chi connectivity index (χ2n) is 7.21. The Bertz CT molecular complexity index is 960. The van der Waals surface area contributed by atoms with E-state index < -0.39 is 36.4 Å². The van der Waals surface area contributed by atoms with Crippen LogP contribution in [0.1, 0.15) is 25.3 Å². The van der Waals surface area contributed by atoms with Crippen molar-refractivity contribution in [2.24, 2.45) is 0 Å². The quantitative estimate of drug-likeness (QED) is 0.236. The van der Waals surface area contributed by atoms with Crippen molar-refractivity contribution in [3.8, 4) is 11.5 Å². The van der Waals surface area contributed by atoms with Gasteiger partial charge in [0.1, 0.15) is 12.4 Å². The number of aliphatic hydroxyl groups is 1. The van der Waals surface area contributed by atoms with Gasteiger partial charge in [0.2, 0.25) is 0 Å². The molecule has 1 aromatic heterocycles. The number of anilines is 1. The van der Waals surface area contributed by atoms with Crippen LogP contribution >= 0.6 is 0 Å². The molecule has 194 valence electrons. The third kappa shape index (κ3) is 10.3. The lowest BCUT2D eigenvalue weighted by Crippen LogP contribution is -2.42. The fraction of sp³-hybridized carbons (Fsp3) is 0.455. The van der Waals surface area contributed by atoms with Crippen LogP contribution in [0.5, 0.6) is 11.5 Å². The Hall–Kier alpha value is -3.84. The Morgan fingerprint density at radius 2 is 1.69 bits per heavy atom. The molecule has 1 heterocycles. The molecule has 0 spiro atoms. The molecule has 0 aliphatic carbocycles. The molecule has 0 fully saturated rings. The summed E-state index contributed by atoms with van der Waals surface area (Å²) < 4.78 is 17.9. The maximum atomic E-state index is 10.3. The number of nitrogens with zero attached hydrogens (tertiary/aromatic N) is 2. The summed E-state index contributed by atoms with van der Waals surface area (Å²) in [6.45, 7) is 4.63. The van der Waals surface area contributed by atoms with E-state index in [0.29, 0.717) is 19.8 Å². The number of aliphatic carboxylic acids is 3. The molecule has 1 aromatic carbocycles. The van der Waals surface area contributed by atoms with E-state index >= 15 is 0 Å². The normalized spacial score (nSPS) is 10.6. The van der Waals surface area contributed by atoms with E-state index in [1.807, 2.05) is 35.1 Å². The summed E-state index contributed by atoms with van der Waals surface area (Å²) in [6, 6.07) is 7.84. The van der Waals surface area contributed by atoms with Crippen LogP contribution in [0.2, 0.25) is 0 Å². The van der Waals surface area contributed by atoms with Gasteiger partial charge in [0.15, 0.2) is 17.1 Å². The molecule has 0 aliphatic heterocycles. The van der Waals surface area contributed by atoms with Crippen molar-refractivity contribution in [3.63, 3.8) is 0 Å². The molecule has 5 N–H and O–H groups in total. The zero-order valence-corrected chi connectivity index (χ0v) is 19.8. The van der Waals surface area contributed by atoms with E-state index in [2.05, 4.69) is 17.3 Å². The Kier molecular flexibility index (Phi) is 12.0. The van der Waals surface area contributed by atoms with Crippen LogP contribution in [-0.2, 0) is 32.2 Å². The zero-order chi connectivity index (χ0) is 26.4. The lowest BCUT2D eigenvalue weighted by molar-refractivity contribution is -0.170. The fourth-order valence-corrected chi connectivity index (χ4v) is 2.72. The molecule has 13 heteroatoms. The van der Waals surface area contributed by atoms with Gasteiger partial charge in [-0.25, -0.2) is 4.79 Å². The molecular formula is C22H31N3O10. The molecule has 0 unspecified atom stereocenters. The molecule has 0 bridgehead atoms. The number of hydrogen-bond donors (Lipinski definition) is 5.